The van der Waals surface area contributed by atoms with E-state index in [9.17, 15) is 0 Å². The molecule has 2 aromatic rings. The summed E-state index contributed by atoms with van der Waals surface area (Å²) in [5.74, 6) is 1.57. The minimum Gasteiger partial charge on any atom is -0.491 e. The summed E-state index contributed by atoms with van der Waals surface area (Å²) < 4.78 is 11.4. The van der Waals surface area contributed by atoms with E-state index in [1.54, 1.807) is 6.07 Å². The number of halogens is 1. The lowest BCUT2D eigenvalue weighted by atomic mass is 10.2. The summed E-state index contributed by atoms with van der Waals surface area (Å²) in [6.45, 7) is 2.02. The van der Waals surface area contributed by atoms with Gasteiger partial charge in [0.05, 0.1) is 6.10 Å². The number of nitrogens with zero attached hydrogens (tertiary/aromatic N) is 2. The van der Waals surface area contributed by atoms with Gasteiger partial charge in [0.25, 0.3) is 0 Å². The van der Waals surface area contributed by atoms with E-state index < -0.39 is 0 Å². The van der Waals surface area contributed by atoms with Crippen molar-refractivity contribution >= 4 is 23.4 Å². The first-order valence-corrected chi connectivity index (χ1v) is 7.94. The summed E-state index contributed by atoms with van der Waals surface area (Å²) >= 11 is 5.86. The summed E-state index contributed by atoms with van der Waals surface area (Å²) in [7, 11) is 0. The Kier molecular flexibility index (Phi) is 5.15. The maximum Gasteiger partial charge on any atom is 0.223 e. The van der Waals surface area contributed by atoms with Gasteiger partial charge < -0.3 is 20.5 Å². The van der Waals surface area contributed by atoms with Crippen LogP contribution in [-0.2, 0) is 11.3 Å². The number of hydrogen-bond donors (Lipinski definition) is 2. The van der Waals surface area contributed by atoms with E-state index in [-0.39, 0.29) is 12.1 Å². The number of nitrogens with two attached hydrogens (primary N) is 1. The van der Waals surface area contributed by atoms with Crippen LogP contribution in [0.3, 0.4) is 0 Å². The van der Waals surface area contributed by atoms with Gasteiger partial charge in [0.15, 0.2) is 0 Å². The second kappa shape index (κ2) is 7.48. The molecule has 2 heterocycles. The second-order valence-electron chi connectivity index (χ2n) is 5.38. The molecule has 0 amide bonds. The van der Waals surface area contributed by atoms with E-state index >= 15 is 0 Å². The summed E-state index contributed by atoms with van der Waals surface area (Å²) in [6, 6.07) is 9.54. The van der Waals surface area contributed by atoms with Gasteiger partial charge in [0.2, 0.25) is 5.95 Å². The normalized spacial score (nSPS) is 17.2. The van der Waals surface area contributed by atoms with Crippen LogP contribution in [0.15, 0.2) is 30.3 Å². The Labute approximate surface area is 140 Å². The van der Waals surface area contributed by atoms with Crippen LogP contribution in [-0.4, -0.2) is 29.3 Å². The monoisotopic (exact) mass is 334 g/mol. The van der Waals surface area contributed by atoms with Gasteiger partial charge in [-0.25, -0.2) is 4.98 Å². The number of ether oxygens (including phenoxy) is 2. The zero-order valence-corrected chi connectivity index (χ0v) is 13.4. The first-order chi connectivity index (χ1) is 11.2. The van der Waals surface area contributed by atoms with Crippen molar-refractivity contribution < 1.29 is 9.47 Å². The van der Waals surface area contributed by atoms with Crippen molar-refractivity contribution in [1.29, 1.82) is 0 Å². The molecule has 1 aromatic heterocycles. The maximum atomic E-state index is 5.86. The minimum atomic E-state index is 0.147. The smallest absolute Gasteiger partial charge is 0.223 e. The van der Waals surface area contributed by atoms with Gasteiger partial charge in [-0.2, -0.15) is 4.98 Å². The lowest BCUT2D eigenvalue weighted by Gasteiger charge is -2.12. The molecule has 122 valence electrons. The molecular weight excluding hydrogens is 316 g/mol. The molecule has 3 N–H and O–H groups in total. The molecule has 7 heteroatoms. The predicted octanol–water partition coefficient (Wildman–Crippen LogP) is 2.88. The summed E-state index contributed by atoms with van der Waals surface area (Å²) in [5.41, 5.74) is 6.65. The van der Waals surface area contributed by atoms with Crippen molar-refractivity contribution in [2.75, 3.05) is 24.3 Å². The lowest BCUT2D eigenvalue weighted by Crippen LogP contribution is -2.16. The molecule has 0 aliphatic carbocycles. The number of rotatable bonds is 6. The Morgan fingerprint density at radius 1 is 1.35 bits per heavy atom. The fraction of sp³-hybridized carbons (Fsp3) is 0.375. The molecule has 0 saturated carbocycles. The Hall–Kier alpha value is -2.05. The lowest BCUT2D eigenvalue weighted by molar-refractivity contribution is 0.0679. The zero-order valence-electron chi connectivity index (χ0n) is 12.7. The van der Waals surface area contributed by atoms with Crippen LogP contribution in [0.2, 0.25) is 5.15 Å². The van der Waals surface area contributed by atoms with E-state index in [1.165, 1.54) is 0 Å². The third-order valence-corrected chi connectivity index (χ3v) is 3.74. The number of benzene rings is 1. The topological polar surface area (TPSA) is 82.3 Å². The predicted molar refractivity (Wildman–Crippen MR) is 89.7 cm³/mol. The number of anilines is 2. The molecular formula is C16H19ClN4O2. The van der Waals surface area contributed by atoms with Crippen LogP contribution in [0, 0.1) is 0 Å². The van der Waals surface area contributed by atoms with Crippen LogP contribution < -0.4 is 15.8 Å². The van der Waals surface area contributed by atoms with Gasteiger partial charge in [0, 0.05) is 19.2 Å². The molecule has 0 unspecified atom stereocenters. The molecule has 3 rings (SSSR count). The molecule has 0 bridgehead atoms. The summed E-state index contributed by atoms with van der Waals surface area (Å²) in [4.78, 5) is 7.91. The molecule has 1 aliphatic rings. The molecule has 6 nitrogen and oxygen atoms in total. The molecule has 1 fully saturated rings. The number of aromatic nitrogens is 2. The third kappa shape index (κ3) is 4.71. The highest BCUT2D eigenvalue weighted by atomic mass is 35.5. The highest BCUT2D eigenvalue weighted by Crippen LogP contribution is 2.18. The quantitative estimate of drug-likeness (QED) is 0.790. The van der Waals surface area contributed by atoms with Crippen molar-refractivity contribution in [2.24, 2.45) is 0 Å². The average molecular weight is 335 g/mol. The van der Waals surface area contributed by atoms with Crippen molar-refractivity contribution in [3.63, 3.8) is 0 Å². The number of nitrogens with one attached hydrogen (secondary N) is 1. The first-order valence-electron chi connectivity index (χ1n) is 7.56. The average Bonchev–Trinajstić information content (AvgIpc) is 3.04. The van der Waals surface area contributed by atoms with Gasteiger partial charge in [-0.15, -0.1) is 0 Å². The highest BCUT2D eigenvalue weighted by Gasteiger charge is 2.15. The van der Waals surface area contributed by atoms with Gasteiger partial charge in [-0.05, 0) is 30.5 Å². The van der Waals surface area contributed by atoms with E-state index in [0.717, 1.165) is 30.8 Å². The molecule has 1 aromatic carbocycles. The fourth-order valence-electron chi connectivity index (χ4n) is 2.43. The first kappa shape index (κ1) is 15.8. The molecule has 0 radical (unpaired) electrons. The highest BCUT2D eigenvalue weighted by molar-refractivity contribution is 6.29. The Morgan fingerprint density at radius 2 is 2.26 bits per heavy atom. The van der Waals surface area contributed by atoms with Crippen LogP contribution in [0.5, 0.6) is 5.75 Å². The van der Waals surface area contributed by atoms with Crippen molar-refractivity contribution in [3.8, 4) is 5.75 Å². The van der Waals surface area contributed by atoms with Crippen molar-refractivity contribution in [2.45, 2.75) is 25.5 Å². The van der Waals surface area contributed by atoms with Crippen molar-refractivity contribution in [3.05, 3.63) is 41.0 Å². The van der Waals surface area contributed by atoms with Gasteiger partial charge in [-0.1, -0.05) is 23.7 Å². The standard InChI is InChI=1S/C16H19ClN4O2/c17-14-8-15(21-16(18)20-14)19-9-11-3-1-4-12(7-11)23-10-13-5-2-6-22-13/h1,3-4,7-8,13H,2,5-6,9-10H2,(H3,18,19,20,21)/t13-/m1/s1. The Balaban J connectivity index is 1.56. The van der Waals surface area contributed by atoms with Crippen LogP contribution in [0.4, 0.5) is 11.8 Å². The van der Waals surface area contributed by atoms with E-state index in [0.29, 0.717) is 24.1 Å². The third-order valence-electron chi connectivity index (χ3n) is 3.54. The van der Waals surface area contributed by atoms with Crippen LogP contribution >= 0.6 is 11.6 Å². The minimum absolute atomic E-state index is 0.147. The fourth-order valence-corrected chi connectivity index (χ4v) is 2.62. The van der Waals surface area contributed by atoms with Crippen LogP contribution in [0.25, 0.3) is 0 Å². The SMILES string of the molecule is Nc1nc(Cl)cc(NCc2cccc(OC[C@H]3CCCO3)c2)n1. The molecule has 1 aliphatic heterocycles. The summed E-state index contributed by atoms with van der Waals surface area (Å²) in [5, 5.41) is 3.48. The Morgan fingerprint density at radius 3 is 3.04 bits per heavy atom. The van der Waals surface area contributed by atoms with Gasteiger partial charge in [-0.3, -0.25) is 0 Å². The zero-order chi connectivity index (χ0) is 16.1. The Bertz CT molecular complexity index is 642. The number of hydrogen-bond acceptors (Lipinski definition) is 6. The van der Waals surface area contributed by atoms with Gasteiger partial charge in [0.1, 0.15) is 23.3 Å². The second-order valence-corrected chi connectivity index (χ2v) is 5.77. The summed E-state index contributed by atoms with van der Waals surface area (Å²) in [6.07, 6.45) is 2.39. The van der Waals surface area contributed by atoms with E-state index in [2.05, 4.69) is 15.3 Å². The molecule has 1 saturated heterocycles. The van der Waals surface area contributed by atoms with E-state index in [1.807, 2.05) is 24.3 Å². The van der Waals surface area contributed by atoms with Crippen LogP contribution in [0.1, 0.15) is 18.4 Å². The number of nitrogen functional groups attached to an aromatic ring is 1. The van der Waals surface area contributed by atoms with Gasteiger partial charge >= 0.3 is 0 Å². The maximum absolute atomic E-state index is 5.86. The van der Waals surface area contributed by atoms with Crippen molar-refractivity contribution in [1.82, 2.24) is 9.97 Å². The molecule has 0 spiro atoms. The molecule has 1 atom stereocenters. The largest absolute Gasteiger partial charge is 0.491 e. The molecule has 23 heavy (non-hydrogen) atoms. The van der Waals surface area contributed by atoms with E-state index in [4.69, 9.17) is 26.8 Å².